The number of phenolic OH excluding ortho intramolecular Hbond substituents is 1. The van der Waals surface area contributed by atoms with Gasteiger partial charge < -0.3 is 14.7 Å². The van der Waals surface area contributed by atoms with E-state index in [0.717, 1.165) is 60.7 Å². The van der Waals surface area contributed by atoms with Crippen LogP contribution in [0.25, 0.3) is 43.7 Å². The Morgan fingerprint density at radius 2 is 1.74 bits per heavy atom. The van der Waals surface area contributed by atoms with E-state index in [1.807, 2.05) is 36.7 Å². The van der Waals surface area contributed by atoms with E-state index in [2.05, 4.69) is 41.7 Å². The lowest BCUT2D eigenvalue weighted by Crippen LogP contribution is -1.89. The molecule has 0 aliphatic carbocycles. The van der Waals surface area contributed by atoms with Crippen molar-refractivity contribution in [1.82, 2.24) is 9.55 Å². The van der Waals surface area contributed by atoms with Crippen LogP contribution in [0.2, 0.25) is 5.02 Å². The summed E-state index contributed by atoms with van der Waals surface area (Å²) in [5.41, 5.74) is 5.34. The molecule has 0 radical (unpaired) electrons. The highest BCUT2D eigenvalue weighted by atomic mass is 35.5. The van der Waals surface area contributed by atoms with Crippen LogP contribution in [-0.4, -0.2) is 14.7 Å². The Labute approximate surface area is 161 Å². The van der Waals surface area contributed by atoms with Crippen LogP contribution in [0.5, 0.6) is 5.75 Å². The van der Waals surface area contributed by atoms with Gasteiger partial charge in [0.15, 0.2) is 0 Å². The van der Waals surface area contributed by atoms with Crippen molar-refractivity contribution in [3.05, 3.63) is 65.4 Å². The van der Waals surface area contributed by atoms with E-state index in [9.17, 15) is 5.11 Å². The third kappa shape index (κ3) is 2.22. The van der Waals surface area contributed by atoms with E-state index in [-0.39, 0.29) is 0 Å². The first-order valence-corrected chi connectivity index (χ1v) is 9.46. The number of fused-ring (bicyclic) bond motifs is 5. The number of halogens is 1. The molecule has 0 bridgehead atoms. The maximum Gasteiger partial charge on any atom is 0.119 e. The van der Waals surface area contributed by atoms with Gasteiger partial charge in [0, 0.05) is 57.1 Å². The van der Waals surface area contributed by atoms with Crippen LogP contribution >= 0.6 is 11.6 Å². The zero-order valence-corrected chi connectivity index (χ0v) is 15.9. The summed E-state index contributed by atoms with van der Waals surface area (Å²) in [5, 5.41) is 15.7. The van der Waals surface area contributed by atoms with E-state index >= 15 is 0 Å². The van der Waals surface area contributed by atoms with Crippen molar-refractivity contribution in [1.29, 1.82) is 0 Å². The van der Waals surface area contributed by atoms with Gasteiger partial charge in [-0.25, -0.2) is 0 Å². The predicted molar refractivity (Wildman–Crippen MR) is 114 cm³/mol. The lowest BCUT2D eigenvalue weighted by molar-refractivity contribution is 0.470. The zero-order valence-electron chi connectivity index (χ0n) is 15.2. The van der Waals surface area contributed by atoms with E-state index in [1.54, 1.807) is 0 Å². The van der Waals surface area contributed by atoms with Crippen molar-refractivity contribution in [2.24, 2.45) is 7.05 Å². The van der Waals surface area contributed by atoms with E-state index in [0.29, 0.717) is 5.75 Å². The molecular formula is C23H19ClN2O. The maximum absolute atomic E-state index is 10.4. The number of aromatic hydroxyl groups is 1. The average molecular weight is 375 g/mol. The molecule has 0 atom stereocenters. The van der Waals surface area contributed by atoms with Crippen molar-refractivity contribution in [2.75, 3.05) is 0 Å². The molecule has 0 saturated heterocycles. The highest BCUT2D eigenvalue weighted by molar-refractivity contribution is 6.34. The summed E-state index contributed by atoms with van der Waals surface area (Å²) < 4.78 is 2.20. The van der Waals surface area contributed by atoms with Gasteiger partial charge in [0.1, 0.15) is 5.75 Å². The summed E-state index contributed by atoms with van der Waals surface area (Å²) in [6.45, 7) is 2.06. The average Bonchev–Trinajstić information content (AvgIpc) is 3.25. The fourth-order valence-electron chi connectivity index (χ4n) is 4.18. The molecule has 0 aliphatic heterocycles. The number of nitrogens with one attached hydrogen (secondary N) is 1. The number of H-pyrrole nitrogens is 1. The molecule has 0 unspecified atom stereocenters. The number of hydrogen-bond donors (Lipinski definition) is 2. The van der Waals surface area contributed by atoms with Crippen molar-refractivity contribution in [2.45, 2.75) is 13.3 Å². The smallest absolute Gasteiger partial charge is 0.119 e. The van der Waals surface area contributed by atoms with Crippen molar-refractivity contribution in [3.63, 3.8) is 0 Å². The number of benzene rings is 3. The molecule has 0 saturated carbocycles. The SMILES string of the molecule is CCc1cc2c(cc1O)c1c3c[nH]cc3c(-c3ccccc3Cl)cc1n2C. The number of phenols is 1. The number of aryl methyl sites for hydroxylation is 2. The minimum Gasteiger partial charge on any atom is -0.508 e. The molecule has 2 N–H and O–H groups in total. The Balaban J connectivity index is 1.99. The van der Waals surface area contributed by atoms with Gasteiger partial charge in [-0.2, -0.15) is 0 Å². The van der Waals surface area contributed by atoms with Gasteiger partial charge in [0.2, 0.25) is 0 Å². The molecule has 5 rings (SSSR count). The second kappa shape index (κ2) is 5.80. The summed E-state index contributed by atoms with van der Waals surface area (Å²) in [5.74, 6) is 0.358. The van der Waals surface area contributed by atoms with Crippen LogP contribution in [0.15, 0.2) is 54.9 Å². The highest BCUT2D eigenvalue weighted by Gasteiger charge is 2.18. The van der Waals surface area contributed by atoms with E-state index in [1.165, 1.54) is 0 Å². The molecule has 0 aliphatic rings. The van der Waals surface area contributed by atoms with Gasteiger partial charge in [-0.3, -0.25) is 0 Å². The number of hydrogen-bond acceptors (Lipinski definition) is 1. The second-order valence-electron chi connectivity index (χ2n) is 6.99. The van der Waals surface area contributed by atoms with Crippen LogP contribution in [0, 0.1) is 0 Å². The monoisotopic (exact) mass is 374 g/mol. The third-order valence-corrected chi connectivity index (χ3v) is 5.91. The topological polar surface area (TPSA) is 40.9 Å². The van der Waals surface area contributed by atoms with E-state index < -0.39 is 0 Å². The minimum atomic E-state index is 0.358. The van der Waals surface area contributed by atoms with Gasteiger partial charge in [0.05, 0.1) is 5.52 Å². The number of aromatic nitrogens is 2. The molecule has 27 heavy (non-hydrogen) atoms. The molecule has 2 aromatic heterocycles. The Morgan fingerprint density at radius 1 is 0.963 bits per heavy atom. The predicted octanol–water partition coefficient (Wildman–Crippen LogP) is 6.40. The first-order chi connectivity index (χ1) is 13.1. The van der Waals surface area contributed by atoms with Crippen LogP contribution < -0.4 is 0 Å². The molecule has 3 nitrogen and oxygen atoms in total. The van der Waals surface area contributed by atoms with Crippen LogP contribution in [-0.2, 0) is 13.5 Å². The molecule has 0 spiro atoms. The molecule has 134 valence electrons. The van der Waals surface area contributed by atoms with Gasteiger partial charge in [-0.15, -0.1) is 0 Å². The normalized spacial score (nSPS) is 11.8. The van der Waals surface area contributed by atoms with E-state index in [4.69, 9.17) is 11.6 Å². The quantitative estimate of drug-likeness (QED) is 0.368. The van der Waals surface area contributed by atoms with Gasteiger partial charge in [-0.05, 0) is 41.8 Å². The van der Waals surface area contributed by atoms with Crippen LogP contribution in [0.4, 0.5) is 0 Å². The Bertz CT molecular complexity index is 1340. The summed E-state index contributed by atoms with van der Waals surface area (Å²) >= 11 is 6.51. The summed E-state index contributed by atoms with van der Waals surface area (Å²) in [4.78, 5) is 3.26. The maximum atomic E-state index is 10.4. The van der Waals surface area contributed by atoms with Crippen molar-refractivity contribution >= 4 is 44.2 Å². The third-order valence-electron chi connectivity index (χ3n) is 5.58. The van der Waals surface area contributed by atoms with Gasteiger partial charge in [0.25, 0.3) is 0 Å². The fourth-order valence-corrected chi connectivity index (χ4v) is 4.42. The molecule has 3 aromatic carbocycles. The Hall–Kier alpha value is -2.91. The zero-order chi connectivity index (χ0) is 18.7. The molecule has 0 fully saturated rings. The van der Waals surface area contributed by atoms with Gasteiger partial charge >= 0.3 is 0 Å². The first-order valence-electron chi connectivity index (χ1n) is 9.08. The lowest BCUT2D eigenvalue weighted by Gasteiger charge is -2.08. The molecule has 2 heterocycles. The van der Waals surface area contributed by atoms with Crippen LogP contribution in [0.3, 0.4) is 0 Å². The second-order valence-corrected chi connectivity index (χ2v) is 7.40. The van der Waals surface area contributed by atoms with Crippen LogP contribution in [0.1, 0.15) is 12.5 Å². The summed E-state index contributed by atoms with van der Waals surface area (Å²) in [7, 11) is 2.08. The van der Waals surface area contributed by atoms with Gasteiger partial charge in [-0.1, -0.05) is 36.7 Å². The molecule has 4 heteroatoms. The first kappa shape index (κ1) is 16.3. The number of rotatable bonds is 2. The lowest BCUT2D eigenvalue weighted by atomic mass is 9.97. The largest absolute Gasteiger partial charge is 0.508 e. The molecular weight excluding hydrogens is 356 g/mol. The molecule has 5 aromatic rings. The standard InChI is InChI=1S/C23H19ClN2O/c1-3-13-8-20-16(10-22(13)27)23-18-12-25-11-17(18)15(9-21(23)26(20)2)14-6-4-5-7-19(14)24/h4-12,25,27H,3H2,1-2H3. The number of nitrogens with zero attached hydrogens (tertiary/aromatic N) is 1. The molecule has 0 amide bonds. The van der Waals surface area contributed by atoms with Crippen molar-refractivity contribution < 1.29 is 5.11 Å². The summed E-state index contributed by atoms with van der Waals surface area (Å²) in [6.07, 6.45) is 4.85. The van der Waals surface area contributed by atoms with Crippen molar-refractivity contribution in [3.8, 4) is 16.9 Å². The Kier molecular flexibility index (Phi) is 3.49. The summed E-state index contributed by atoms with van der Waals surface area (Å²) in [6, 6.07) is 14.1. The Morgan fingerprint density at radius 3 is 2.52 bits per heavy atom. The fraction of sp³-hybridized carbons (Fsp3) is 0.130. The minimum absolute atomic E-state index is 0.358. The highest BCUT2D eigenvalue weighted by Crippen LogP contribution is 2.42. The number of aromatic amines is 1.